The third-order valence-corrected chi connectivity index (χ3v) is 12.1. The highest BCUT2D eigenvalue weighted by Gasteiger charge is 2.35. The van der Waals surface area contributed by atoms with E-state index in [-0.39, 0.29) is 5.41 Å². The normalized spacial score (nSPS) is 12.9. The number of rotatable bonds is 6. The molecule has 1 aliphatic rings. The molecule has 0 spiro atoms. The standard InChI is InChI=1S/C55H39NO/c1-55(2)50-19-8-5-16-46(50)47-32-26-39(34-51(47)55)36-22-28-41(29-23-36)56(42-30-24-38(25-31-42)44-18-11-13-37-12-3-4-14-43(37)44)52-20-9-6-15-45(52)40-27-33-49-48-17-7-10-21-53(48)57-54(49)35-40/h3-35H,1-2H3. The van der Waals surface area contributed by atoms with Gasteiger partial charge in [-0.25, -0.2) is 0 Å². The second-order valence-electron chi connectivity index (χ2n) is 15.7. The molecule has 57 heavy (non-hydrogen) atoms. The minimum atomic E-state index is -0.0496. The third kappa shape index (κ3) is 5.40. The summed E-state index contributed by atoms with van der Waals surface area (Å²) in [5.74, 6) is 0. The van der Waals surface area contributed by atoms with Crippen LogP contribution in [0.15, 0.2) is 205 Å². The number of benzene rings is 9. The van der Waals surface area contributed by atoms with Crippen LogP contribution in [0.25, 0.3) is 77.2 Å². The van der Waals surface area contributed by atoms with Crippen molar-refractivity contribution in [2.75, 3.05) is 4.90 Å². The first-order chi connectivity index (χ1) is 28.0. The lowest BCUT2D eigenvalue weighted by molar-refractivity contribution is 0.660. The van der Waals surface area contributed by atoms with Crippen molar-refractivity contribution in [2.45, 2.75) is 19.3 Å². The first kappa shape index (κ1) is 33.2. The average molecular weight is 730 g/mol. The molecule has 0 unspecified atom stereocenters. The molecule has 0 amide bonds. The molecule has 1 aromatic heterocycles. The molecule has 0 fully saturated rings. The Balaban J connectivity index is 1.03. The van der Waals surface area contributed by atoms with E-state index in [2.05, 4.69) is 207 Å². The predicted molar refractivity (Wildman–Crippen MR) is 240 cm³/mol. The van der Waals surface area contributed by atoms with Gasteiger partial charge in [0.15, 0.2) is 0 Å². The molecule has 0 saturated heterocycles. The fourth-order valence-corrected chi connectivity index (χ4v) is 9.19. The first-order valence-electron chi connectivity index (χ1n) is 19.8. The molecule has 0 saturated carbocycles. The van der Waals surface area contributed by atoms with Crippen LogP contribution in [-0.2, 0) is 5.41 Å². The Morgan fingerprint density at radius 1 is 0.368 bits per heavy atom. The van der Waals surface area contributed by atoms with Gasteiger partial charge in [-0.2, -0.15) is 0 Å². The number of anilines is 3. The molecule has 1 aliphatic carbocycles. The fourth-order valence-electron chi connectivity index (χ4n) is 9.19. The average Bonchev–Trinajstić information content (AvgIpc) is 3.75. The van der Waals surface area contributed by atoms with E-state index >= 15 is 0 Å². The highest BCUT2D eigenvalue weighted by Crippen LogP contribution is 2.50. The Morgan fingerprint density at radius 3 is 1.77 bits per heavy atom. The third-order valence-electron chi connectivity index (χ3n) is 12.1. The van der Waals surface area contributed by atoms with Gasteiger partial charge in [-0.1, -0.05) is 159 Å². The monoisotopic (exact) mass is 729 g/mol. The molecule has 270 valence electrons. The summed E-state index contributed by atoms with van der Waals surface area (Å²) in [6.45, 7) is 4.69. The lowest BCUT2D eigenvalue weighted by Gasteiger charge is -2.28. The number of para-hydroxylation sites is 2. The van der Waals surface area contributed by atoms with Crippen molar-refractivity contribution in [3.8, 4) is 44.5 Å². The van der Waals surface area contributed by atoms with Crippen LogP contribution in [0, 0.1) is 0 Å². The van der Waals surface area contributed by atoms with Gasteiger partial charge in [-0.3, -0.25) is 0 Å². The molecule has 9 aromatic carbocycles. The molecule has 10 aromatic rings. The summed E-state index contributed by atoms with van der Waals surface area (Å²) in [4.78, 5) is 2.39. The van der Waals surface area contributed by atoms with Gasteiger partial charge in [0.1, 0.15) is 11.2 Å². The van der Waals surface area contributed by atoms with Crippen LogP contribution in [0.1, 0.15) is 25.0 Å². The van der Waals surface area contributed by atoms with Crippen molar-refractivity contribution in [3.63, 3.8) is 0 Å². The van der Waals surface area contributed by atoms with E-state index in [1.165, 1.54) is 55.3 Å². The van der Waals surface area contributed by atoms with E-state index < -0.39 is 0 Å². The molecule has 2 heteroatoms. The van der Waals surface area contributed by atoms with Gasteiger partial charge >= 0.3 is 0 Å². The Labute approximate surface area is 332 Å². The Hall–Kier alpha value is -7.16. The summed E-state index contributed by atoms with van der Waals surface area (Å²) in [7, 11) is 0. The first-order valence-corrected chi connectivity index (χ1v) is 19.8. The summed E-state index contributed by atoms with van der Waals surface area (Å²) in [5.41, 5.74) is 17.6. The van der Waals surface area contributed by atoms with E-state index in [9.17, 15) is 0 Å². The maximum absolute atomic E-state index is 6.37. The van der Waals surface area contributed by atoms with E-state index in [1.54, 1.807) is 0 Å². The van der Waals surface area contributed by atoms with Gasteiger partial charge in [-0.05, 0) is 115 Å². The lowest BCUT2D eigenvalue weighted by Crippen LogP contribution is -2.14. The number of furan rings is 1. The van der Waals surface area contributed by atoms with Crippen LogP contribution >= 0.6 is 0 Å². The number of hydrogen-bond acceptors (Lipinski definition) is 2. The zero-order chi connectivity index (χ0) is 38.1. The van der Waals surface area contributed by atoms with Crippen LogP contribution in [0.2, 0.25) is 0 Å². The molecular formula is C55H39NO. The molecular weight excluding hydrogens is 691 g/mol. The van der Waals surface area contributed by atoms with Gasteiger partial charge < -0.3 is 9.32 Å². The van der Waals surface area contributed by atoms with Crippen molar-refractivity contribution in [1.29, 1.82) is 0 Å². The van der Waals surface area contributed by atoms with Crippen molar-refractivity contribution < 1.29 is 4.42 Å². The van der Waals surface area contributed by atoms with E-state index in [1.807, 2.05) is 12.1 Å². The molecule has 0 bridgehead atoms. The van der Waals surface area contributed by atoms with Crippen LogP contribution in [0.4, 0.5) is 17.1 Å². The van der Waals surface area contributed by atoms with Crippen LogP contribution in [-0.4, -0.2) is 0 Å². The molecule has 11 rings (SSSR count). The SMILES string of the molecule is CC1(C)c2ccccc2-c2ccc(-c3ccc(N(c4ccc(-c5cccc6ccccc56)cc4)c4ccccc4-c4ccc5c(c4)oc4ccccc45)cc3)cc21. The minimum Gasteiger partial charge on any atom is -0.456 e. The van der Waals surface area contributed by atoms with Gasteiger partial charge in [0.25, 0.3) is 0 Å². The van der Waals surface area contributed by atoms with Crippen LogP contribution < -0.4 is 4.90 Å². The van der Waals surface area contributed by atoms with Crippen molar-refractivity contribution in [2.24, 2.45) is 0 Å². The molecule has 0 N–H and O–H groups in total. The molecule has 0 atom stereocenters. The topological polar surface area (TPSA) is 16.4 Å². The van der Waals surface area contributed by atoms with Gasteiger partial charge in [0.2, 0.25) is 0 Å². The lowest BCUT2D eigenvalue weighted by atomic mass is 9.81. The molecule has 0 radical (unpaired) electrons. The van der Waals surface area contributed by atoms with Crippen molar-refractivity contribution in [3.05, 3.63) is 211 Å². The molecule has 2 nitrogen and oxygen atoms in total. The second-order valence-corrected chi connectivity index (χ2v) is 15.7. The summed E-state index contributed by atoms with van der Waals surface area (Å²) >= 11 is 0. The van der Waals surface area contributed by atoms with Gasteiger partial charge in [0, 0.05) is 33.1 Å². The van der Waals surface area contributed by atoms with E-state index in [0.29, 0.717) is 0 Å². The smallest absolute Gasteiger partial charge is 0.136 e. The Morgan fingerprint density at radius 2 is 0.947 bits per heavy atom. The van der Waals surface area contributed by atoms with Gasteiger partial charge in [-0.15, -0.1) is 0 Å². The fraction of sp³-hybridized carbons (Fsp3) is 0.0545. The van der Waals surface area contributed by atoms with E-state index in [4.69, 9.17) is 4.42 Å². The van der Waals surface area contributed by atoms with Crippen LogP contribution in [0.5, 0.6) is 0 Å². The summed E-state index contributed by atoms with van der Waals surface area (Å²) in [5, 5.41) is 4.76. The number of fused-ring (bicyclic) bond motifs is 7. The maximum atomic E-state index is 6.37. The summed E-state index contributed by atoms with van der Waals surface area (Å²) in [6.07, 6.45) is 0. The zero-order valence-corrected chi connectivity index (χ0v) is 31.9. The minimum absolute atomic E-state index is 0.0496. The Bertz CT molecular complexity index is 3140. The van der Waals surface area contributed by atoms with Gasteiger partial charge in [0.05, 0.1) is 5.69 Å². The summed E-state index contributed by atoms with van der Waals surface area (Å²) < 4.78 is 6.37. The maximum Gasteiger partial charge on any atom is 0.136 e. The quantitative estimate of drug-likeness (QED) is 0.169. The second kappa shape index (κ2) is 13.0. The molecule has 1 heterocycles. The van der Waals surface area contributed by atoms with Crippen molar-refractivity contribution in [1.82, 2.24) is 0 Å². The highest BCUT2D eigenvalue weighted by atomic mass is 16.3. The van der Waals surface area contributed by atoms with Crippen LogP contribution in [0.3, 0.4) is 0 Å². The summed E-state index contributed by atoms with van der Waals surface area (Å²) in [6, 6.07) is 72.7. The number of hydrogen-bond donors (Lipinski definition) is 0. The number of nitrogens with zero attached hydrogens (tertiary/aromatic N) is 1. The highest BCUT2D eigenvalue weighted by molar-refractivity contribution is 6.06. The largest absolute Gasteiger partial charge is 0.456 e. The molecule has 0 aliphatic heterocycles. The predicted octanol–water partition coefficient (Wildman–Crippen LogP) is 15.5. The van der Waals surface area contributed by atoms with E-state index in [0.717, 1.165) is 50.1 Å². The Kier molecular flexibility index (Phi) is 7.55. The zero-order valence-electron chi connectivity index (χ0n) is 31.9. The van der Waals surface area contributed by atoms with Crippen molar-refractivity contribution >= 4 is 49.8 Å².